The molecule has 50 heavy (non-hydrogen) atoms. The molecule has 0 saturated heterocycles. The average molecular weight is 934 g/mol. The van der Waals surface area contributed by atoms with Crippen molar-refractivity contribution in [2.45, 2.75) is 6.92 Å². The summed E-state index contributed by atoms with van der Waals surface area (Å²) in [7, 11) is 24.6. The van der Waals surface area contributed by atoms with Gasteiger partial charge in [0.25, 0.3) is 0 Å². The van der Waals surface area contributed by atoms with Crippen LogP contribution in [0.1, 0.15) is 5.56 Å². The number of pyridine rings is 6. The molecule has 0 aliphatic carbocycles. The van der Waals surface area contributed by atoms with E-state index in [1.165, 1.54) is 0 Å². The van der Waals surface area contributed by atoms with E-state index in [2.05, 4.69) is 69.3 Å². The maximum atomic E-state index is 4.95. The van der Waals surface area contributed by atoms with Crippen LogP contribution in [0.4, 0.5) is 0 Å². The van der Waals surface area contributed by atoms with E-state index in [4.69, 9.17) is 58.4 Å². The van der Waals surface area contributed by atoms with E-state index in [9.17, 15) is 0 Å². The second kappa shape index (κ2) is 19.4. The van der Waals surface area contributed by atoms with Gasteiger partial charge in [0.1, 0.15) is 0 Å². The zero-order valence-corrected chi connectivity index (χ0v) is 33.3. The standard InChI is InChI=1S/C37H26N6.5ClH.2Ru/c1-25-18-26(28-21-34(30-10-2-6-14-38-30)42-35(22-28)31-11-3-7-15-39-31)20-27(19-25)29-23-36(32-12-4-8-16-40-32)43-37(24-29)33-13-5-9-17-41-33;;;;;;;/h2-24H,1H3;5*1H;;/q;;;;;;+2;+3/p-5. The fourth-order valence-electron chi connectivity index (χ4n) is 5.09. The third-order valence-corrected chi connectivity index (χ3v) is 7.10. The van der Waals surface area contributed by atoms with Gasteiger partial charge >= 0.3 is 76.6 Å². The molecule has 6 aromatic heterocycles. The van der Waals surface area contributed by atoms with E-state index in [1.807, 2.05) is 72.8 Å². The van der Waals surface area contributed by atoms with Gasteiger partial charge < -0.3 is 0 Å². The monoisotopic (exact) mass is 933 g/mol. The molecule has 0 atom stereocenters. The number of aromatic nitrogens is 6. The predicted octanol–water partition coefficient (Wildman–Crippen LogP) is 11.8. The molecule has 6 nitrogen and oxygen atoms in total. The van der Waals surface area contributed by atoms with Crippen molar-refractivity contribution in [3.8, 4) is 67.8 Å². The topological polar surface area (TPSA) is 77.3 Å². The summed E-state index contributed by atoms with van der Waals surface area (Å²) in [5.74, 6) is 0. The van der Waals surface area contributed by atoms with Gasteiger partial charge in [-0.25, -0.2) is 9.97 Å². The van der Waals surface area contributed by atoms with Crippen molar-refractivity contribution in [2.24, 2.45) is 0 Å². The summed E-state index contributed by atoms with van der Waals surface area (Å²) in [5.41, 5.74) is 11.8. The van der Waals surface area contributed by atoms with Gasteiger partial charge in [0.2, 0.25) is 0 Å². The molecule has 0 amide bonds. The zero-order valence-electron chi connectivity index (χ0n) is 26.1. The van der Waals surface area contributed by atoms with Crippen LogP contribution in [0.2, 0.25) is 0 Å². The van der Waals surface area contributed by atoms with Gasteiger partial charge in [-0.3, -0.25) is 19.9 Å². The minimum absolute atomic E-state index is 0.346. The maximum absolute atomic E-state index is 4.95. The Kier molecular flexibility index (Phi) is 14.8. The number of hydrogen-bond acceptors (Lipinski definition) is 6. The zero-order chi connectivity index (χ0) is 35.3. The third-order valence-electron chi connectivity index (χ3n) is 7.10. The van der Waals surface area contributed by atoms with Crippen molar-refractivity contribution in [2.75, 3.05) is 0 Å². The van der Waals surface area contributed by atoms with Gasteiger partial charge in [-0.15, -0.1) is 0 Å². The van der Waals surface area contributed by atoms with Gasteiger partial charge in [-0.2, -0.15) is 0 Å². The van der Waals surface area contributed by atoms with Gasteiger partial charge in [0.05, 0.1) is 45.6 Å². The molecule has 0 bridgehead atoms. The first-order chi connectivity index (χ1) is 24.3. The molecular formula is C37H26Cl5N6Ru2. The van der Waals surface area contributed by atoms with Gasteiger partial charge in [-0.1, -0.05) is 36.4 Å². The van der Waals surface area contributed by atoms with Crippen molar-refractivity contribution < 1.29 is 28.1 Å². The van der Waals surface area contributed by atoms with Crippen LogP contribution in [0.3, 0.4) is 0 Å². The molecule has 1 aromatic carbocycles. The summed E-state index contributed by atoms with van der Waals surface area (Å²) in [6.07, 6.45) is 7.15. The summed E-state index contributed by atoms with van der Waals surface area (Å²) < 4.78 is 0. The third kappa shape index (κ3) is 10.9. The second-order valence-electron chi connectivity index (χ2n) is 10.4. The number of rotatable bonds is 6. The van der Waals surface area contributed by atoms with E-state index in [0.29, 0.717) is 0 Å². The molecule has 13 heteroatoms. The van der Waals surface area contributed by atoms with E-state index in [-0.39, 0.29) is 15.1 Å². The van der Waals surface area contributed by atoms with E-state index < -0.39 is 13.0 Å². The van der Waals surface area contributed by atoms with E-state index >= 15 is 0 Å². The van der Waals surface area contributed by atoms with E-state index in [0.717, 1.165) is 73.4 Å². The van der Waals surface area contributed by atoms with Crippen molar-refractivity contribution >= 4 is 48.5 Å². The number of halogens is 5. The van der Waals surface area contributed by atoms with Crippen LogP contribution >= 0.6 is 48.5 Å². The van der Waals surface area contributed by atoms with E-state index in [1.54, 1.807) is 24.8 Å². The number of aryl methyl sites for hydroxylation is 1. The SMILES string of the molecule is Cc1cc(-c2cc(-c3ccccn3)nc(-c3ccccn3)c2)cc(-c2cc(-c3ccccn3)nc(-c3ccccn3)c2)c1.[Cl][Ru]([Cl])[Cl].[Cl][Ru][Cl]. The average Bonchev–Trinajstić information content (AvgIpc) is 3.16. The summed E-state index contributed by atoms with van der Waals surface area (Å²) in [4.78, 5) is 28.2. The van der Waals surface area contributed by atoms with Crippen LogP contribution in [0.25, 0.3) is 67.8 Å². The van der Waals surface area contributed by atoms with Crippen LogP contribution in [-0.4, -0.2) is 29.9 Å². The Hall–Kier alpha value is -3.18. The molecule has 0 aliphatic heterocycles. The van der Waals surface area contributed by atoms with Crippen LogP contribution in [0.15, 0.2) is 140 Å². The van der Waals surface area contributed by atoms with Crippen LogP contribution < -0.4 is 0 Å². The minimum atomic E-state index is -1.75. The van der Waals surface area contributed by atoms with Crippen molar-refractivity contribution in [3.05, 3.63) is 146 Å². The summed E-state index contributed by atoms with van der Waals surface area (Å²) in [6.45, 7) is 2.12. The van der Waals surface area contributed by atoms with Crippen molar-refractivity contribution in [1.29, 1.82) is 0 Å². The molecule has 0 radical (unpaired) electrons. The first-order valence-corrected chi connectivity index (χ1v) is 25.9. The van der Waals surface area contributed by atoms with Crippen molar-refractivity contribution in [3.63, 3.8) is 0 Å². The Bertz CT molecular complexity index is 1850. The Labute approximate surface area is 324 Å². The molecule has 0 fully saturated rings. The van der Waals surface area contributed by atoms with Crippen LogP contribution in [-0.2, 0) is 28.1 Å². The molecule has 255 valence electrons. The first kappa shape index (κ1) is 38.1. The Morgan fingerprint density at radius 1 is 0.420 bits per heavy atom. The molecule has 0 saturated carbocycles. The Morgan fingerprint density at radius 2 is 0.680 bits per heavy atom. The molecule has 0 unspecified atom stereocenters. The first-order valence-electron chi connectivity index (χ1n) is 14.7. The van der Waals surface area contributed by atoms with Gasteiger partial charge in [0, 0.05) is 24.8 Å². The molecule has 7 aromatic rings. The van der Waals surface area contributed by atoms with Crippen LogP contribution in [0.5, 0.6) is 0 Å². The normalized spacial score (nSPS) is 10.7. The summed E-state index contributed by atoms with van der Waals surface area (Å²) in [5, 5.41) is 0. The Balaban J connectivity index is 0.000000640. The second-order valence-corrected chi connectivity index (χ2v) is 21.0. The number of nitrogens with zero attached hydrogens (tertiary/aromatic N) is 6. The fourth-order valence-corrected chi connectivity index (χ4v) is 5.09. The number of hydrogen-bond donors (Lipinski definition) is 0. The molecule has 0 N–H and O–H groups in total. The van der Waals surface area contributed by atoms with Crippen LogP contribution in [0, 0.1) is 6.92 Å². The van der Waals surface area contributed by atoms with Gasteiger partial charge in [-0.05, 0) is 114 Å². The molecule has 0 spiro atoms. The molecule has 6 heterocycles. The molecule has 7 rings (SSSR count). The molecular weight excluding hydrogens is 908 g/mol. The molecule has 0 aliphatic rings. The fraction of sp³-hybridized carbons (Fsp3) is 0.0270. The number of benzene rings is 1. The van der Waals surface area contributed by atoms with Gasteiger partial charge in [0.15, 0.2) is 0 Å². The summed E-state index contributed by atoms with van der Waals surface area (Å²) >= 11 is -2.10. The Morgan fingerprint density at radius 3 is 0.920 bits per heavy atom. The van der Waals surface area contributed by atoms with Crippen molar-refractivity contribution in [1.82, 2.24) is 29.9 Å². The quantitative estimate of drug-likeness (QED) is 0.155. The predicted molar refractivity (Wildman–Crippen MR) is 200 cm³/mol. The summed E-state index contributed by atoms with van der Waals surface area (Å²) in [6, 6.07) is 38.4.